The molecular formula is C23H22FN5O. The minimum absolute atomic E-state index is 0.00530. The molecule has 152 valence electrons. The van der Waals surface area contributed by atoms with Crippen molar-refractivity contribution in [2.24, 2.45) is 5.92 Å². The minimum atomic E-state index is -0.294. The van der Waals surface area contributed by atoms with Crippen molar-refractivity contribution in [3.63, 3.8) is 0 Å². The SMILES string of the molecule is O=C(NCc1cccc(F)c1)C1CCCN(c2nc3ncccc3n3cccc23)C1. The zero-order valence-electron chi connectivity index (χ0n) is 16.5. The van der Waals surface area contributed by atoms with Crippen molar-refractivity contribution in [2.75, 3.05) is 18.0 Å². The summed E-state index contributed by atoms with van der Waals surface area (Å²) in [4.78, 5) is 24.2. The van der Waals surface area contributed by atoms with Gasteiger partial charge >= 0.3 is 0 Å². The molecule has 0 saturated carbocycles. The van der Waals surface area contributed by atoms with Gasteiger partial charge in [0.15, 0.2) is 11.5 Å². The van der Waals surface area contributed by atoms with Gasteiger partial charge in [0.1, 0.15) is 5.82 Å². The summed E-state index contributed by atoms with van der Waals surface area (Å²) in [6.07, 6.45) is 5.49. The fourth-order valence-electron chi connectivity index (χ4n) is 4.19. The lowest BCUT2D eigenvalue weighted by molar-refractivity contribution is -0.125. The Balaban J connectivity index is 1.36. The highest BCUT2D eigenvalue weighted by atomic mass is 19.1. The fourth-order valence-corrected chi connectivity index (χ4v) is 4.19. The van der Waals surface area contributed by atoms with Gasteiger partial charge in [0, 0.05) is 32.0 Å². The molecule has 7 heteroatoms. The third kappa shape index (κ3) is 3.47. The second-order valence-electron chi connectivity index (χ2n) is 7.68. The lowest BCUT2D eigenvalue weighted by Crippen LogP contribution is -2.43. The Morgan fingerprint density at radius 3 is 2.97 bits per heavy atom. The predicted octanol–water partition coefficient (Wildman–Crippen LogP) is 3.55. The third-order valence-electron chi connectivity index (χ3n) is 5.66. The molecule has 1 aliphatic heterocycles. The van der Waals surface area contributed by atoms with E-state index in [1.54, 1.807) is 12.3 Å². The fraction of sp³-hybridized carbons (Fsp3) is 0.261. The summed E-state index contributed by atoms with van der Waals surface area (Å²) in [6.45, 7) is 1.77. The molecule has 4 aromatic rings. The summed E-state index contributed by atoms with van der Waals surface area (Å²) < 4.78 is 15.5. The van der Waals surface area contributed by atoms with Crippen LogP contribution >= 0.6 is 0 Å². The second kappa shape index (κ2) is 7.74. The number of hydrogen-bond acceptors (Lipinski definition) is 4. The number of amides is 1. The molecule has 30 heavy (non-hydrogen) atoms. The summed E-state index contributed by atoms with van der Waals surface area (Å²) in [5.74, 6) is 0.421. The van der Waals surface area contributed by atoms with Gasteiger partial charge in [0.2, 0.25) is 5.91 Å². The van der Waals surface area contributed by atoms with Crippen LogP contribution in [0.25, 0.3) is 16.7 Å². The van der Waals surface area contributed by atoms with Gasteiger partial charge in [-0.1, -0.05) is 12.1 Å². The number of piperidine rings is 1. The maximum absolute atomic E-state index is 13.4. The van der Waals surface area contributed by atoms with E-state index in [1.807, 2.05) is 36.5 Å². The Hall–Kier alpha value is -3.48. The lowest BCUT2D eigenvalue weighted by atomic mass is 9.97. The van der Waals surface area contributed by atoms with E-state index < -0.39 is 0 Å². The van der Waals surface area contributed by atoms with Crippen LogP contribution in [0.5, 0.6) is 0 Å². The van der Waals surface area contributed by atoms with Gasteiger partial charge in [-0.15, -0.1) is 0 Å². The first-order valence-corrected chi connectivity index (χ1v) is 10.2. The monoisotopic (exact) mass is 403 g/mol. The number of pyridine rings is 1. The Morgan fingerprint density at radius 1 is 1.17 bits per heavy atom. The highest BCUT2D eigenvalue weighted by Crippen LogP contribution is 2.28. The standard InChI is InChI=1S/C23H22FN5O/c24-18-7-1-5-16(13-18)14-26-23(30)17-6-3-11-28(15-17)22-20-9-4-12-29(20)19-8-2-10-25-21(19)27-22/h1-2,4-5,7-10,12-13,17H,3,6,11,14-15H2,(H,26,30). The largest absolute Gasteiger partial charge is 0.354 e. The van der Waals surface area contributed by atoms with Crippen molar-refractivity contribution in [3.05, 3.63) is 72.3 Å². The van der Waals surface area contributed by atoms with Gasteiger partial charge in [-0.3, -0.25) is 4.79 Å². The van der Waals surface area contributed by atoms with Crippen LogP contribution in [0.3, 0.4) is 0 Å². The van der Waals surface area contributed by atoms with Crippen LogP contribution in [0.15, 0.2) is 60.9 Å². The molecule has 3 aromatic heterocycles. The molecule has 0 radical (unpaired) electrons. The van der Waals surface area contributed by atoms with Crippen LogP contribution in [-0.2, 0) is 11.3 Å². The number of nitrogens with zero attached hydrogens (tertiary/aromatic N) is 4. The van der Waals surface area contributed by atoms with E-state index in [0.29, 0.717) is 18.7 Å². The topological polar surface area (TPSA) is 62.5 Å². The van der Waals surface area contributed by atoms with Gasteiger partial charge in [-0.05, 0) is 54.8 Å². The first-order valence-electron chi connectivity index (χ1n) is 10.2. The van der Waals surface area contributed by atoms with E-state index in [1.165, 1.54) is 12.1 Å². The second-order valence-corrected chi connectivity index (χ2v) is 7.68. The van der Waals surface area contributed by atoms with Crippen molar-refractivity contribution in [1.29, 1.82) is 0 Å². The molecule has 1 amide bonds. The van der Waals surface area contributed by atoms with Gasteiger partial charge in [-0.25, -0.2) is 14.4 Å². The van der Waals surface area contributed by atoms with E-state index in [0.717, 1.165) is 41.8 Å². The van der Waals surface area contributed by atoms with Crippen molar-refractivity contribution < 1.29 is 9.18 Å². The number of hydrogen-bond donors (Lipinski definition) is 1. The van der Waals surface area contributed by atoms with E-state index in [4.69, 9.17) is 4.98 Å². The predicted molar refractivity (Wildman–Crippen MR) is 114 cm³/mol. The van der Waals surface area contributed by atoms with Crippen LogP contribution in [0.2, 0.25) is 0 Å². The van der Waals surface area contributed by atoms with Crippen molar-refractivity contribution >= 4 is 28.4 Å². The maximum atomic E-state index is 13.4. The molecule has 1 N–H and O–H groups in total. The number of aromatic nitrogens is 3. The van der Waals surface area contributed by atoms with E-state index >= 15 is 0 Å². The van der Waals surface area contributed by atoms with Crippen LogP contribution in [0, 0.1) is 11.7 Å². The summed E-state index contributed by atoms with van der Waals surface area (Å²) in [5.41, 5.74) is 3.42. The first kappa shape index (κ1) is 18.5. The Morgan fingerprint density at radius 2 is 2.07 bits per heavy atom. The molecule has 1 unspecified atom stereocenters. The van der Waals surface area contributed by atoms with Crippen molar-refractivity contribution in [3.8, 4) is 0 Å². The summed E-state index contributed by atoms with van der Waals surface area (Å²) in [6, 6.07) is 14.3. The number of rotatable bonds is 4. The maximum Gasteiger partial charge on any atom is 0.225 e. The zero-order chi connectivity index (χ0) is 20.5. The zero-order valence-corrected chi connectivity index (χ0v) is 16.5. The lowest BCUT2D eigenvalue weighted by Gasteiger charge is -2.33. The molecule has 5 rings (SSSR count). The molecule has 1 fully saturated rings. The van der Waals surface area contributed by atoms with E-state index in [2.05, 4.69) is 19.6 Å². The number of anilines is 1. The first-order chi connectivity index (χ1) is 14.7. The van der Waals surface area contributed by atoms with E-state index in [9.17, 15) is 9.18 Å². The molecule has 1 atom stereocenters. The Bertz CT molecular complexity index is 1220. The molecule has 0 spiro atoms. The van der Waals surface area contributed by atoms with Crippen LogP contribution in [0.1, 0.15) is 18.4 Å². The average Bonchev–Trinajstić information content (AvgIpc) is 3.27. The van der Waals surface area contributed by atoms with Crippen LogP contribution < -0.4 is 10.2 Å². The summed E-state index contributed by atoms with van der Waals surface area (Å²) in [5, 5.41) is 2.96. The number of halogens is 1. The Kier molecular flexibility index (Phi) is 4.78. The van der Waals surface area contributed by atoms with Gasteiger partial charge < -0.3 is 14.6 Å². The third-order valence-corrected chi connectivity index (χ3v) is 5.66. The average molecular weight is 403 g/mol. The number of nitrogens with one attached hydrogen (secondary N) is 1. The number of carbonyl (C=O) groups excluding carboxylic acids is 1. The summed E-state index contributed by atoms with van der Waals surface area (Å²) >= 11 is 0. The van der Waals surface area contributed by atoms with Gasteiger partial charge in [-0.2, -0.15) is 0 Å². The van der Waals surface area contributed by atoms with E-state index in [-0.39, 0.29) is 17.6 Å². The normalized spacial score (nSPS) is 16.8. The van der Waals surface area contributed by atoms with Gasteiger partial charge in [0.05, 0.1) is 17.0 Å². The highest BCUT2D eigenvalue weighted by molar-refractivity contribution is 5.84. The van der Waals surface area contributed by atoms with Crippen LogP contribution in [0.4, 0.5) is 10.2 Å². The van der Waals surface area contributed by atoms with Crippen LogP contribution in [-0.4, -0.2) is 33.4 Å². The highest BCUT2D eigenvalue weighted by Gasteiger charge is 2.28. The quantitative estimate of drug-likeness (QED) is 0.566. The van der Waals surface area contributed by atoms with Crippen molar-refractivity contribution in [2.45, 2.75) is 19.4 Å². The number of fused-ring (bicyclic) bond motifs is 3. The number of carbonyl (C=O) groups is 1. The molecule has 1 saturated heterocycles. The molecule has 4 heterocycles. The molecule has 0 aliphatic carbocycles. The molecular weight excluding hydrogens is 381 g/mol. The molecule has 0 bridgehead atoms. The molecule has 1 aliphatic rings. The van der Waals surface area contributed by atoms with Crippen molar-refractivity contribution in [1.82, 2.24) is 19.7 Å². The Labute approximate surface area is 173 Å². The van der Waals surface area contributed by atoms with Gasteiger partial charge in [0.25, 0.3) is 0 Å². The molecule has 1 aromatic carbocycles. The molecule has 6 nitrogen and oxygen atoms in total. The smallest absolute Gasteiger partial charge is 0.225 e. The summed E-state index contributed by atoms with van der Waals surface area (Å²) in [7, 11) is 0. The number of benzene rings is 1. The minimum Gasteiger partial charge on any atom is -0.354 e.